The molecule has 0 radical (unpaired) electrons. The summed E-state index contributed by atoms with van der Waals surface area (Å²) in [7, 11) is 0. The van der Waals surface area contributed by atoms with E-state index in [9.17, 15) is 18.4 Å². The van der Waals surface area contributed by atoms with E-state index in [-0.39, 0.29) is 23.2 Å². The minimum atomic E-state index is -0.781. The first kappa shape index (κ1) is 18.7. The quantitative estimate of drug-likeness (QED) is 0.690. The van der Waals surface area contributed by atoms with Crippen LogP contribution >= 0.6 is 0 Å². The maximum Gasteiger partial charge on any atom is 0.276 e. The Balaban J connectivity index is 1.46. The number of halogens is 2. The van der Waals surface area contributed by atoms with Gasteiger partial charge in [-0.3, -0.25) is 9.59 Å². The van der Waals surface area contributed by atoms with Gasteiger partial charge >= 0.3 is 0 Å². The largest absolute Gasteiger partial charge is 0.319 e. The third-order valence-electron chi connectivity index (χ3n) is 4.48. The van der Waals surface area contributed by atoms with E-state index < -0.39 is 17.5 Å². The predicted molar refractivity (Wildman–Crippen MR) is 102 cm³/mol. The highest BCUT2D eigenvalue weighted by Crippen LogP contribution is 2.30. The zero-order chi connectivity index (χ0) is 20.5. The molecule has 2 N–H and O–H groups in total. The first-order valence-electron chi connectivity index (χ1n) is 9.01. The number of hydrogen-bond acceptors (Lipinski definition) is 4. The number of amides is 2. The summed E-state index contributed by atoms with van der Waals surface area (Å²) in [4.78, 5) is 28.3. The van der Waals surface area contributed by atoms with Crippen LogP contribution < -0.4 is 10.6 Å². The average molecular weight is 397 g/mol. The fourth-order valence-electron chi connectivity index (χ4n) is 2.79. The van der Waals surface area contributed by atoms with Crippen molar-refractivity contribution < 1.29 is 18.4 Å². The van der Waals surface area contributed by atoms with Crippen LogP contribution in [-0.2, 0) is 4.79 Å². The molecule has 148 valence electrons. The molecule has 9 heteroatoms. The number of pyridine rings is 1. The first-order valence-corrected chi connectivity index (χ1v) is 9.01. The molecular weight excluding hydrogens is 380 g/mol. The lowest BCUT2D eigenvalue weighted by atomic mass is 10.3. The van der Waals surface area contributed by atoms with Crippen molar-refractivity contribution in [3.63, 3.8) is 0 Å². The van der Waals surface area contributed by atoms with Gasteiger partial charge in [-0.1, -0.05) is 0 Å². The summed E-state index contributed by atoms with van der Waals surface area (Å²) in [6, 6.07) is 7.82. The van der Waals surface area contributed by atoms with Gasteiger partial charge in [-0.05, 0) is 50.1 Å². The van der Waals surface area contributed by atoms with E-state index >= 15 is 0 Å². The fraction of sp³-hybridized carbons (Fsp3) is 0.200. The number of nitrogens with zero attached hydrogens (tertiary/aromatic N) is 3. The van der Waals surface area contributed by atoms with E-state index in [4.69, 9.17) is 0 Å². The molecule has 0 atom stereocenters. The first-order chi connectivity index (χ1) is 13.9. The van der Waals surface area contributed by atoms with Crippen molar-refractivity contribution in [1.82, 2.24) is 14.8 Å². The van der Waals surface area contributed by atoms with Crippen LogP contribution in [-0.4, -0.2) is 26.6 Å². The van der Waals surface area contributed by atoms with Gasteiger partial charge in [0.15, 0.2) is 11.5 Å². The molecule has 0 unspecified atom stereocenters. The summed E-state index contributed by atoms with van der Waals surface area (Å²) in [6.07, 6.45) is 3.21. The van der Waals surface area contributed by atoms with E-state index in [0.29, 0.717) is 17.2 Å². The van der Waals surface area contributed by atoms with Crippen molar-refractivity contribution >= 4 is 23.3 Å². The molecule has 2 heterocycles. The van der Waals surface area contributed by atoms with Gasteiger partial charge in [-0.2, -0.15) is 5.10 Å². The maximum absolute atomic E-state index is 14.0. The second-order valence-electron chi connectivity index (χ2n) is 6.83. The van der Waals surface area contributed by atoms with Crippen LogP contribution in [0, 0.1) is 24.5 Å². The van der Waals surface area contributed by atoms with E-state index in [1.54, 1.807) is 19.1 Å². The number of aryl methyl sites for hydroxylation is 1. The number of carbonyl (C=O) groups is 2. The maximum atomic E-state index is 14.0. The molecule has 0 spiro atoms. The minimum absolute atomic E-state index is 0.0420. The highest BCUT2D eigenvalue weighted by Gasteiger charge is 2.29. The summed E-state index contributed by atoms with van der Waals surface area (Å²) in [5.41, 5.74) is 1.04. The highest BCUT2D eigenvalue weighted by molar-refractivity contribution is 6.03. The topological polar surface area (TPSA) is 88.9 Å². The van der Waals surface area contributed by atoms with Gasteiger partial charge in [0.1, 0.15) is 17.3 Å². The third kappa shape index (κ3) is 4.13. The molecule has 1 aliphatic carbocycles. The molecule has 1 fully saturated rings. The van der Waals surface area contributed by atoms with Crippen molar-refractivity contribution in [2.45, 2.75) is 19.8 Å². The zero-order valence-corrected chi connectivity index (χ0v) is 15.4. The van der Waals surface area contributed by atoms with Crippen LogP contribution in [0.4, 0.5) is 20.3 Å². The lowest BCUT2D eigenvalue weighted by Crippen LogP contribution is -2.15. The van der Waals surface area contributed by atoms with Crippen LogP contribution in [0.25, 0.3) is 5.69 Å². The number of nitrogens with one attached hydrogen (secondary N) is 2. The molecule has 2 aromatic heterocycles. The molecule has 4 rings (SSSR count). The second-order valence-corrected chi connectivity index (χ2v) is 6.83. The molecular formula is C20H17F2N5O2. The van der Waals surface area contributed by atoms with E-state index in [1.165, 1.54) is 23.0 Å². The number of anilines is 2. The normalized spacial score (nSPS) is 13.2. The van der Waals surface area contributed by atoms with Gasteiger partial charge in [-0.15, -0.1) is 0 Å². The van der Waals surface area contributed by atoms with Crippen LogP contribution in [0.15, 0.2) is 42.6 Å². The number of carbonyl (C=O) groups excluding carboxylic acids is 2. The standard InChI is InChI=1S/C20H17F2N5O2/c1-11-8-16(26-27(11)17-6-4-13(21)9-15(17)22)20(29)24-14-5-7-18(23-10-14)25-19(28)12-2-3-12/h4-10,12H,2-3H2,1H3,(H,24,29)(H,23,25,28). The van der Waals surface area contributed by atoms with Gasteiger partial charge in [0, 0.05) is 17.7 Å². The van der Waals surface area contributed by atoms with Crippen molar-refractivity contribution in [3.05, 3.63) is 65.6 Å². The van der Waals surface area contributed by atoms with E-state index in [2.05, 4.69) is 20.7 Å². The molecule has 0 bridgehead atoms. The summed E-state index contributed by atoms with van der Waals surface area (Å²) >= 11 is 0. The Bertz CT molecular complexity index is 1090. The number of aromatic nitrogens is 3. The Morgan fingerprint density at radius 1 is 1.10 bits per heavy atom. The zero-order valence-electron chi connectivity index (χ0n) is 15.4. The van der Waals surface area contributed by atoms with E-state index in [1.807, 2.05) is 0 Å². The number of rotatable bonds is 5. The fourth-order valence-corrected chi connectivity index (χ4v) is 2.79. The van der Waals surface area contributed by atoms with Crippen LogP contribution in [0.3, 0.4) is 0 Å². The van der Waals surface area contributed by atoms with Crippen molar-refractivity contribution in [1.29, 1.82) is 0 Å². The minimum Gasteiger partial charge on any atom is -0.319 e. The molecule has 3 aromatic rings. The monoisotopic (exact) mass is 397 g/mol. The van der Waals surface area contributed by atoms with Crippen LogP contribution in [0.1, 0.15) is 29.0 Å². The van der Waals surface area contributed by atoms with Gasteiger partial charge in [0.25, 0.3) is 5.91 Å². The molecule has 1 aliphatic rings. The molecule has 0 aliphatic heterocycles. The summed E-state index contributed by atoms with van der Waals surface area (Å²) in [5, 5.41) is 9.47. The van der Waals surface area contributed by atoms with Crippen molar-refractivity contribution in [3.8, 4) is 5.69 Å². The predicted octanol–water partition coefficient (Wildman–Crippen LogP) is 3.45. The molecule has 1 aromatic carbocycles. The number of hydrogen-bond donors (Lipinski definition) is 2. The van der Waals surface area contributed by atoms with Gasteiger partial charge < -0.3 is 10.6 Å². The second kappa shape index (κ2) is 7.42. The van der Waals surface area contributed by atoms with Crippen LogP contribution in [0.2, 0.25) is 0 Å². The molecule has 7 nitrogen and oxygen atoms in total. The molecule has 2 amide bonds. The molecule has 1 saturated carbocycles. The Morgan fingerprint density at radius 2 is 1.90 bits per heavy atom. The molecule has 29 heavy (non-hydrogen) atoms. The van der Waals surface area contributed by atoms with Crippen LogP contribution in [0.5, 0.6) is 0 Å². The van der Waals surface area contributed by atoms with Gasteiger partial charge in [0.2, 0.25) is 5.91 Å². The lowest BCUT2D eigenvalue weighted by Gasteiger charge is -2.06. The Morgan fingerprint density at radius 3 is 2.55 bits per heavy atom. The summed E-state index contributed by atoms with van der Waals surface area (Å²) in [5.74, 6) is -1.56. The Labute approximate surface area is 164 Å². The molecule has 0 saturated heterocycles. The lowest BCUT2D eigenvalue weighted by molar-refractivity contribution is -0.117. The highest BCUT2D eigenvalue weighted by atomic mass is 19.1. The average Bonchev–Trinajstić information content (AvgIpc) is 3.46. The summed E-state index contributed by atoms with van der Waals surface area (Å²) < 4.78 is 28.4. The van der Waals surface area contributed by atoms with E-state index in [0.717, 1.165) is 25.0 Å². The van der Waals surface area contributed by atoms with Gasteiger partial charge in [-0.25, -0.2) is 18.4 Å². The van der Waals surface area contributed by atoms with Crippen molar-refractivity contribution in [2.24, 2.45) is 5.92 Å². The smallest absolute Gasteiger partial charge is 0.276 e. The van der Waals surface area contributed by atoms with Gasteiger partial charge in [0.05, 0.1) is 11.9 Å². The SMILES string of the molecule is Cc1cc(C(=O)Nc2ccc(NC(=O)C3CC3)nc2)nn1-c1ccc(F)cc1F. The Hall–Kier alpha value is -3.62. The summed E-state index contributed by atoms with van der Waals surface area (Å²) in [6.45, 7) is 1.66. The number of benzene rings is 1. The third-order valence-corrected chi connectivity index (χ3v) is 4.48. The Kier molecular flexibility index (Phi) is 4.79. The van der Waals surface area contributed by atoms with Crippen molar-refractivity contribution in [2.75, 3.05) is 10.6 Å².